The van der Waals surface area contributed by atoms with E-state index in [9.17, 15) is 18.0 Å². The van der Waals surface area contributed by atoms with E-state index in [1.54, 1.807) is 17.0 Å². The lowest BCUT2D eigenvalue weighted by Gasteiger charge is -2.17. The highest BCUT2D eigenvalue weighted by atomic mass is 32.2. The molecule has 2 amide bonds. The number of hydrogen-bond acceptors (Lipinski definition) is 4. The molecular weight excluding hydrogens is 390 g/mol. The number of sulfonamides is 1. The van der Waals surface area contributed by atoms with E-state index >= 15 is 0 Å². The van der Waals surface area contributed by atoms with Crippen LogP contribution in [0.4, 0.5) is 5.69 Å². The maximum atomic E-state index is 12.6. The number of primary sulfonamides is 1. The third-order valence-electron chi connectivity index (χ3n) is 5.10. The van der Waals surface area contributed by atoms with Gasteiger partial charge in [0.2, 0.25) is 21.8 Å². The van der Waals surface area contributed by atoms with Crippen LogP contribution in [0.15, 0.2) is 47.4 Å². The van der Waals surface area contributed by atoms with Crippen LogP contribution in [0.2, 0.25) is 0 Å². The third-order valence-corrected chi connectivity index (χ3v) is 6.09. The summed E-state index contributed by atoms with van der Waals surface area (Å²) in [6, 6.07) is 12.6. The molecule has 3 N–H and O–H groups in total. The van der Waals surface area contributed by atoms with Crippen molar-refractivity contribution in [2.45, 2.75) is 38.1 Å². The SMILES string of the molecule is CCc1ccc(NC(=O)C2CC(=O)N(Cc3ccc(C)cc3)C2)cc1S(N)(=O)=O. The monoisotopic (exact) mass is 415 g/mol. The average molecular weight is 416 g/mol. The minimum absolute atomic E-state index is 0.00120. The highest BCUT2D eigenvalue weighted by molar-refractivity contribution is 7.89. The van der Waals surface area contributed by atoms with Gasteiger partial charge in [-0.05, 0) is 36.6 Å². The van der Waals surface area contributed by atoms with Gasteiger partial charge in [-0.1, -0.05) is 42.8 Å². The second kappa shape index (κ2) is 8.34. The topological polar surface area (TPSA) is 110 Å². The third kappa shape index (κ3) is 5.02. The molecule has 2 aromatic rings. The Hall–Kier alpha value is -2.71. The largest absolute Gasteiger partial charge is 0.338 e. The first kappa shape index (κ1) is 21.0. The van der Waals surface area contributed by atoms with Crippen molar-refractivity contribution in [3.63, 3.8) is 0 Å². The van der Waals surface area contributed by atoms with Crippen LogP contribution < -0.4 is 10.5 Å². The zero-order chi connectivity index (χ0) is 21.2. The molecule has 1 aliphatic heterocycles. The van der Waals surface area contributed by atoms with Gasteiger partial charge in [0, 0.05) is 25.2 Å². The zero-order valence-corrected chi connectivity index (χ0v) is 17.3. The number of aryl methyl sites for hydroxylation is 2. The molecule has 3 rings (SSSR count). The Morgan fingerprint density at radius 1 is 1.21 bits per heavy atom. The molecule has 1 unspecified atom stereocenters. The van der Waals surface area contributed by atoms with Crippen LogP contribution in [-0.4, -0.2) is 31.7 Å². The van der Waals surface area contributed by atoms with E-state index in [1.165, 1.54) is 6.07 Å². The normalized spacial score (nSPS) is 16.9. The number of hydrogen-bond donors (Lipinski definition) is 2. The van der Waals surface area contributed by atoms with Crippen molar-refractivity contribution >= 4 is 27.5 Å². The van der Waals surface area contributed by atoms with E-state index in [0.717, 1.165) is 11.1 Å². The summed E-state index contributed by atoms with van der Waals surface area (Å²) in [5.74, 6) is -0.872. The zero-order valence-electron chi connectivity index (χ0n) is 16.5. The van der Waals surface area contributed by atoms with Gasteiger partial charge in [-0.15, -0.1) is 0 Å². The molecule has 0 saturated carbocycles. The number of anilines is 1. The Morgan fingerprint density at radius 3 is 2.52 bits per heavy atom. The number of nitrogens with one attached hydrogen (secondary N) is 1. The van der Waals surface area contributed by atoms with E-state index < -0.39 is 15.9 Å². The summed E-state index contributed by atoms with van der Waals surface area (Å²) < 4.78 is 23.6. The molecule has 1 aliphatic rings. The molecule has 7 nitrogen and oxygen atoms in total. The summed E-state index contributed by atoms with van der Waals surface area (Å²) >= 11 is 0. The van der Waals surface area contributed by atoms with Gasteiger partial charge in [0.25, 0.3) is 0 Å². The molecule has 0 radical (unpaired) electrons. The van der Waals surface area contributed by atoms with Gasteiger partial charge in [-0.25, -0.2) is 13.6 Å². The molecule has 8 heteroatoms. The minimum atomic E-state index is -3.89. The molecule has 0 aromatic heterocycles. The lowest BCUT2D eigenvalue weighted by molar-refractivity contribution is -0.128. The van der Waals surface area contributed by atoms with E-state index in [2.05, 4.69) is 5.32 Å². The Labute approximate surface area is 171 Å². The van der Waals surface area contributed by atoms with Gasteiger partial charge in [-0.3, -0.25) is 9.59 Å². The van der Waals surface area contributed by atoms with Crippen molar-refractivity contribution in [3.05, 3.63) is 59.2 Å². The molecule has 1 fully saturated rings. The average Bonchev–Trinajstić information content (AvgIpc) is 3.03. The van der Waals surface area contributed by atoms with Gasteiger partial charge in [0.05, 0.1) is 10.8 Å². The molecule has 1 saturated heterocycles. The fraction of sp³-hybridized carbons (Fsp3) is 0.333. The number of nitrogens with zero attached hydrogens (tertiary/aromatic N) is 1. The fourth-order valence-corrected chi connectivity index (χ4v) is 4.32. The first-order chi connectivity index (χ1) is 13.7. The van der Waals surface area contributed by atoms with Gasteiger partial charge >= 0.3 is 0 Å². The first-order valence-electron chi connectivity index (χ1n) is 9.47. The van der Waals surface area contributed by atoms with Crippen LogP contribution in [-0.2, 0) is 32.6 Å². The van der Waals surface area contributed by atoms with Crippen molar-refractivity contribution in [1.82, 2.24) is 4.90 Å². The predicted molar refractivity (Wildman–Crippen MR) is 111 cm³/mol. The molecular formula is C21H25N3O4S. The van der Waals surface area contributed by atoms with Crippen molar-refractivity contribution in [1.29, 1.82) is 0 Å². The van der Waals surface area contributed by atoms with Crippen LogP contribution in [0, 0.1) is 12.8 Å². The number of nitrogens with two attached hydrogens (primary N) is 1. The van der Waals surface area contributed by atoms with Gasteiger partial charge in [0.15, 0.2) is 0 Å². The number of benzene rings is 2. The van der Waals surface area contributed by atoms with E-state index in [-0.39, 0.29) is 23.1 Å². The molecule has 0 spiro atoms. The van der Waals surface area contributed by atoms with Gasteiger partial charge < -0.3 is 10.2 Å². The first-order valence-corrected chi connectivity index (χ1v) is 11.0. The van der Waals surface area contributed by atoms with Crippen molar-refractivity contribution in [3.8, 4) is 0 Å². The standard InChI is InChI=1S/C21H25N3O4S/c1-3-16-8-9-18(11-19(16)29(22,27)28)23-21(26)17-10-20(25)24(13-17)12-15-6-4-14(2)5-7-15/h4-9,11,17H,3,10,12-13H2,1-2H3,(H,23,26)(H2,22,27,28). The summed E-state index contributed by atoms with van der Waals surface area (Å²) in [6.45, 7) is 4.62. The van der Waals surface area contributed by atoms with Crippen LogP contribution in [0.25, 0.3) is 0 Å². The van der Waals surface area contributed by atoms with Crippen molar-refractivity contribution in [2.24, 2.45) is 11.1 Å². The summed E-state index contributed by atoms with van der Waals surface area (Å²) in [5, 5.41) is 8.00. The predicted octanol–water partition coefficient (Wildman–Crippen LogP) is 2.19. The number of carbonyl (C=O) groups excluding carboxylic acids is 2. The maximum Gasteiger partial charge on any atom is 0.238 e. The molecule has 0 aliphatic carbocycles. The Kier molecular flexibility index (Phi) is 6.04. The molecule has 1 heterocycles. The second-order valence-electron chi connectivity index (χ2n) is 7.37. The van der Waals surface area contributed by atoms with Gasteiger partial charge in [-0.2, -0.15) is 0 Å². The molecule has 0 bridgehead atoms. The maximum absolute atomic E-state index is 12.6. The van der Waals surface area contributed by atoms with Crippen LogP contribution in [0.1, 0.15) is 30.0 Å². The van der Waals surface area contributed by atoms with E-state index in [0.29, 0.717) is 30.8 Å². The van der Waals surface area contributed by atoms with Crippen LogP contribution in [0.5, 0.6) is 0 Å². The fourth-order valence-electron chi connectivity index (χ4n) is 3.45. The summed E-state index contributed by atoms with van der Waals surface area (Å²) in [5.41, 5.74) is 3.09. The Morgan fingerprint density at radius 2 is 1.90 bits per heavy atom. The summed E-state index contributed by atoms with van der Waals surface area (Å²) in [7, 11) is -3.89. The number of carbonyl (C=O) groups is 2. The molecule has 154 valence electrons. The van der Waals surface area contributed by atoms with Crippen molar-refractivity contribution < 1.29 is 18.0 Å². The summed E-state index contributed by atoms with van der Waals surface area (Å²) in [4.78, 5) is 26.7. The molecule has 29 heavy (non-hydrogen) atoms. The Balaban J connectivity index is 1.68. The Bertz CT molecular complexity index is 1030. The van der Waals surface area contributed by atoms with Gasteiger partial charge in [0.1, 0.15) is 0 Å². The van der Waals surface area contributed by atoms with E-state index in [1.807, 2.05) is 38.1 Å². The van der Waals surface area contributed by atoms with Crippen LogP contribution >= 0.6 is 0 Å². The number of likely N-dealkylation sites (tertiary alicyclic amines) is 1. The highest BCUT2D eigenvalue weighted by Gasteiger charge is 2.34. The minimum Gasteiger partial charge on any atom is -0.338 e. The highest BCUT2D eigenvalue weighted by Crippen LogP contribution is 2.24. The second-order valence-corrected chi connectivity index (χ2v) is 8.90. The summed E-state index contributed by atoms with van der Waals surface area (Å²) in [6.07, 6.45) is 0.637. The smallest absolute Gasteiger partial charge is 0.238 e. The lowest BCUT2D eigenvalue weighted by Crippen LogP contribution is -2.28. The quantitative estimate of drug-likeness (QED) is 0.753. The number of amides is 2. The lowest BCUT2D eigenvalue weighted by atomic mass is 10.1. The van der Waals surface area contributed by atoms with Crippen molar-refractivity contribution in [2.75, 3.05) is 11.9 Å². The van der Waals surface area contributed by atoms with E-state index in [4.69, 9.17) is 5.14 Å². The molecule has 1 atom stereocenters. The number of rotatable bonds is 6. The van der Waals surface area contributed by atoms with Crippen LogP contribution in [0.3, 0.4) is 0 Å². The molecule has 2 aromatic carbocycles.